The molecule has 0 heterocycles. The number of nitrogens with one attached hydrogen (secondary N) is 1. The summed E-state index contributed by atoms with van der Waals surface area (Å²) in [5.41, 5.74) is 0. The van der Waals surface area contributed by atoms with Crippen molar-refractivity contribution >= 4 is 37.1 Å². The molecule has 1 amide bonds. The van der Waals surface area contributed by atoms with E-state index in [4.69, 9.17) is 5.11 Å². The number of amides is 1. The Morgan fingerprint density at radius 2 is 1.93 bits per heavy atom. The van der Waals surface area contributed by atoms with Crippen LogP contribution in [0.15, 0.2) is 0 Å². The minimum absolute atomic E-state index is 0.385. The average Bonchev–Trinajstić information content (AvgIpc) is 2.15. The van der Waals surface area contributed by atoms with Crippen molar-refractivity contribution < 1.29 is 14.7 Å². The van der Waals surface area contributed by atoms with E-state index in [1.54, 1.807) is 0 Å². The molecular weight excluding hydrogens is 222 g/mol. The molecule has 0 saturated heterocycles. The summed E-state index contributed by atoms with van der Waals surface area (Å²) in [4.78, 5) is 21.7. The molecule has 0 bridgehead atoms. The lowest BCUT2D eigenvalue weighted by atomic mass is 10.2. The summed E-state index contributed by atoms with van der Waals surface area (Å²) >= 11 is 7.66. The lowest BCUT2D eigenvalue weighted by molar-refractivity contribution is -0.137. The molecule has 0 saturated carbocycles. The van der Waals surface area contributed by atoms with Crippen LogP contribution in [0.3, 0.4) is 0 Å². The van der Waals surface area contributed by atoms with E-state index in [-0.39, 0.29) is 5.91 Å². The lowest BCUT2D eigenvalue weighted by Gasteiger charge is -2.13. The van der Waals surface area contributed by atoms with Crippen molar-refractivity contribution in [3.05, 3.63) is 0 Å². The molecular formula is C8H15NO3S2. The molecule has 2 unspecified atom stereocenters. The van der Waals surface area contributed by atoms with Gasteiger partial charge in [-0.1, -0.05) is 13.3 Å². The molecule has 2 N–H and O–H groups in total. The van der Waals surface area contributed by atoms with Crippen LogP contribution in [0.1, 0.15) is 19.8 Å². The van der Waals surface area contributed by atoms with Gasteiger partial charge in [-0.2, -0.15) is 25.3 Å². The number of carboxylic acid groups (broad SMARTS) is 1. The van der Waals surface area contributed by atoms with E-state index in [2.05, 4.69) is 30.6 Å². The van der Waals surface area contributed by atoms with E-state index in [9.17, 15) is 9.59 Å². The van der Waals surface area contributed by atoms with Gasteiger partial charge in [0.25, 0.3) is 0 Å². The summed E-state index contributed by atoms with van der Waals surface area (Å²) in [6, 6.07) is 0. The van der Waals surface area contributed by atoms with Crippen molar-refractivity contribution in [2.75, 3.05) is 6.54 Å². The van der Waals surface area contributed by atoms with Crippen LogP contribution in [0.4, 0.5) is 0 Å². The number of unbranched alkanes of at least 4 members (excludes halogenated alkanes) is 1. The normalized spacial score (nSPS) is 14.5. The summed E-state index contributed by atoms with van der Waals surface area (Å²) in [5, 5.41) is 9.18. The fourth-order valence-corrected chi connectivity index (χ4v) is 1.13. The van der Waals surface area contributed by atoms with Crippen molar-refractivity contribution in [1.29, 1.82) is 0 Å². The van der Waals surface area contributed by atoms with E-state index in [1.165, 1.54) is 0 Å². The maximum Gasteiger partial charge on any atom is 0.318 e. The number of thiol groups is 2. The molecule has 82 valence electrons. The topological polar surface area (TPSA) is 66.4 Å². The smallest absolute Gasteiger partial charge is 0.318 e. The first-order valence-electron chi connectivity index (χ1n) is 4.37. The Balaban J connectivity index is 3.92. The van der Waals surface area contributed by atoms with Crippen LogP contribution in [0.25, 0.3) is 0 Å². The SMILES string of the molecule is CCCCNC(=O)C(S)C(S)C(=O)O. The van der Waals surface area contributed by atoms with Gasteiger partial charge in [-0.15, -0.1) is 0 Å². The molecule has 0 aromatic heterocycles. The third kappa shape index (κ3) is 4.76. The highest BCUT2D eigenvalue weighted by Gasteiger charge is 2.27. The molecule has 0 radical (unpaired) electrons. The maximum atomic E-state index is 11.3. The Hall–Kier alpha value is -0.360. The van der Waals surface area contributed by atoms with Crippen molar-refractivity contribution in [3.8, 4) is 0 Å². The van der Waals surface area contributed by atoms with Gasteiger partial charge in [-0.25, -0.2) is 0 Å². The number of rotatable bonds is 6. The zero-order chi connectivity index (χ0) is 11.1. The van der Waals surface area contributed by atoms with E-state index < -0.39 is 16.5 Å². The minimum atomic E-state index is -1.14. The maximum absolute atomic E-state index is 11.3. The van der Waals surface area contributed by atoms with Gasteiger partial charge in [0.1, 0.15) is 10.5 Å². The van der Waals surface area contributed by atoms with Crippen molar-refractivity contribution in [2.24, 2.45) is 0 Å². The Kier molecular flexibility index (Phi) is 6.82. The fourth-order valence-electron chi connectivity index (χ4n) is 0.771. The Labute approximate surface area is 94.3 Å². The summed E-state index contributed by atoms with van der Waals surface area (Å²) < 4.78 is 0. The second-order valence-corrected chi connectivity index (χ2v) is 3.99. The van der Waals surface area contributed by atoms with Crippen molar-refractivity contribution in [2.45, 2.75) is 30.3 Å². The van der Waals surface area contributed by atoms with E-state index in [0.29, 0.717) is 6.54 Å². The van der Waals surface area contributed by atoms with E-state index >= 15 is 0 Å². The summed E-state index contributed by atoms with van der Waals surface area (Å²) in [6.07, 6.45) is 1.84. The first-order chi connectivity index (χ1) is 6.50. The van der Waals surface area contributed by atoms with Crippen LogP contribution in [0.2, 0.25) is 0 Å². The molecule has 0 spiro atoms. The number of hydrogen-bond donors (Lipinski definition) is 4. The van der Waals surface area contributed by atoms with Crippen LogP contribution in [-0.4, -0.2) is 34.0 Å². The van der Waals surface area contributed by atoms with Crippen LogP contribution in [-0.2, 0) is 9.59 Å². The highest BCUT2D eigenvalue weighted by atomic mass is 32.1. The largest absolute Gasteiger partial charge is 0.480 e. The monoisotopic (exact) mass is 237 g/mol. The van der Waals surface area contributed by atoms with Gasteiger partial charge in [-0.05, 0) is 6.42 Å². The van der Waals surface area contributed by atoms with Gasteiger partial charge in [0.15, 0.2) is 0 Å². The molecule has 4 nitrogen and oxygen atoms in total. The van der Waals surface area contributed by atoms with Crippen LogP contribution < -0.4 is 5.32 Å². The van der Waals surface area contributed by atoms with Gasteiger partial charge in [0, 0.05) is 6.54 Å². The highest BCUT2D eigenvalue weighted by Crippen LogP contribution is 2.09. The van der Waals surface area contributed by atoms with Crippen molar-refractivity contribution in [1.82, 2.24) is 5.32 Å². The van der Waals surface area contributed by atoms with Crippen LogP contribution in [0.5, 0.6) is 0 Å². The van der Waals surface area contributed by atoms with Gasteiger partial charge < -0.3 is 10.4 Å². The molecule has 0 aromatic carbocycles. The minimum Gasteiger partial charge on any atom is -0.480 e. The third-order valence-corrected chi connectivity index (χ3v) is 2.94. The molecule has 0 aromatic rings. The molecule has 0 aliphatic carbocycles. The fraction of sp³-hybridized carbons (Fsp3) is 0.750. The number of carboxylic acids is 1. The molecule has 0 fully saturated rings. The molecule has 2 atom stereocenters. The van der Waals surface area contributed by atoms with E-state index in [0.717, 1.165) is 12.8 Å². The summed E-state index contributed by atoms with van der Waals surface area (Å²) in [5.74, 6) is -1.52. The molecule has 0 aliphatic rings. The Morgan fingerprint density at radius 1 is 1.36 bits per heavy atom. The standard InChI is InChI=1S/C8H15NO3S2/c1-2-3-4-9-7(10)5(13)6(14)8(11)12/h5-6,13-14H,2-4H2,1H3,(H,9,10)(H,11,12). The summed E-state index contributed by atoms with van der Waals surface area (Å²) in [6.45, 7) is 2.55. The number of carbonyl (C=O) groups is 2. The summed E-state index contributed by atoms with van der Waals surface area (Å²) in [7, 11) is 0. The van der Waals surface area contributed by atoms with Gasteiger partial charge >= 0.3 is 5.97 Å². The predicted molar refractivity (Wildman–Crippen MR) is 61.1 cm³/mol. The van der Waals surface area contributed by atoms with Gasteiger partial charge in [-0.3, -0.25) is 9.59 Å². The van der Waals surface area contributed by atoms with Crippen LogP contribution in [0, 0.1) is 0 Å². The molecule has 0 aliphatic heterocycles. The average molecular weight is 237 g/mol. The second-order valence-electron chi connectivity index (χ2n) is 2.87. The van der Waals surface area contributed by atoms with Crippen molar-refractivity contribution in [3.63, 3.8) is 0 Å². The predicted octanol–water partition coefficient (Wildman–Crippen LogP) is 0.584. The third-order valence-electron chi connectivity index (χ3n) is 1.65. The Bertz CT molecular complexity index is 211. The van der Waals surface area contributed by atoms with E-state index in [1.807, 2.05) is 6.92 Å². The molecule has 0 rings (SSSR count). The molecule has 6 heteroatoms. The molecule has 14 heavy (non-hydrogen) atoms. The zero-order valence-corrected chi connectivity index (χ0v) is 9.72. The Morgan fingerprint density at radius 3 is 2.36 bits per heavy atom. The quantitative estimate of drug-likeness (QED) is 0.404. The van der Waals surface area contributed by atoms with Gasteiger partial charge in [0.05, 0.1) is 0 Å². The number of hydrogen-bond acceptors (Lipinski definition) is 4. The van der Waals surface area contributed by atoms with Gasteiger partial charge in [0.2, 0.25) is 5.91 Å². The highest BCUT2D eigenvalue weighted by molar-refractivity contribution is 7.86. The first-order valence-corrected chi connectivity index (χ1v) is 5.40. The van der Waals surface area contributed by atoms with Crippen LogP contribution >= 0.6 is 25.3 Å². The number of carbonyl (C=O) groups excluding carboxylic acids is 1. The lowest BCUT2D eigenvalue weighted by Crippen LogP contribution is -2.40. The number of aliphatic carboxylic acids is 1. The first kappa shape index (κ1) is 13.6. The second kappa shape index (κ2) is 7.00. The zero-order valence-electron chi connectivity index (χ0n) is 7.93.